The highest BCUT2D eigenvalue weighted by Crippen LogP contribution is 2.18. The van der Waals surface area contributed by atoms with Crippen LogP contribution in [0.5, 0.6) is 0 Å². The highest BCUT2D eigenvalue weighted by Gasteiger charge is 2.08. The van der Waals surface area contributed by atoms with Crippen LogP contribution in [0.4, 0.5) is 4.39 Å². The molecule has 0 N–H and O–H groups in total. The summed E-state index contributed by atoms with van der Waals surface area (Å²) in [5, 5.41) is 8.37. The van der Waals surface area contributed by atoms with E-state index in [1.807, 2.05) is 6.07 Å². The molecular weight excluding hydrogens is 171 g/mol. The zero-order chi connectivity index (χ0) is 9.26. The summed E-state index contributed by atoms with van der Waals surface area (Å²) >= 11 is 0. The number of nitriles is 1. The molecule has 0 aliphatic heterocycles. The third-order valence-electron chi connectivity index (χ3n) is 1.64. The van der Waals surface area contributed by atoms with Gasteiger partial charge in [0.05, 0.1) is 6.07 Å². The number of fused-ring (bicyclic) bond motifs is 1. The maximum Gasteiger partial charge on any atom is 0.209 e. The number of aromatic nitrogens is 1. The van der Waals surface area contributed by atoms with Gasteiger partial charge < -0.3 is 4.42 Å². The molecule has 64 valence electrons. The van der Waals surface area contributed by atoms with Gasteiger partial charge in [0.25, 0.3) is 0 Å². The molecule has 1 heterocycles. The number of nitrogens with zero attached hydrogens (tertiary/aromatic N) is 2. The quantitative estimate of drug-likeness (QED) is 0.667. The number of hydrogen-bond acceptors (Lipinski definition) is 3. The van der Waals surface area contributed by atoms with E-state index in [1.165, 1.54) is 6.07 Å². The van der Waals surface area contributed by atoms with Crippen LogP contribution in [0.15, 0.2) is 22.6 Å². The molecule has 1 aromatic heterocycles. The lowest BCUT2D eigenvalue weighted by atomic mass is 10.3. The fourth-order valence-electron chi connectivity index (χ4n) is 1.10. The Labute approximate surface area is 73.4 Å². The first-order chi connectivity index (χ1) is 6.31. The second kappa shape index (κ2) is 2.87. The van der Waals surface area contributed by atoms with Crippen LogP contribution in [0, 0.1) is 17.1 Å². The van der Waals surface area contributed by atoms with Gasteiger partial charge in [0.15, 0.2) is 11.4 Å². The predicted molar refractivity (Wildman–Crippen MR) is 43.3 cm³/mol. The normalized spacial score (nSPS) is 10.2. The number of oxazole rings is 1. The SMILES string of the molecule is N#CCc1nc2cccc(F)c2o1. The smallest absolute Gasteiger partial charge is 0.209 e. The minimum absolute atomic E-state index is 0.0636. The van der Waals surface area contributed by atoms with Crippen LogP contribution < -0.4 is 0 Å². The molecule has 13 heavy (non-hydrogen) atoms. The molecule has 4 heteroatoms. The van der Waals surface area contributed by atoms with Crippen molar-refractivity contribution in [3.05, 3.63) is 29.9 Å². The fourth-order valence-corrected chi connectivity index (χ4v) is 1.10. The van der Waals surface area contributed by atoms with Gasteiger partial charge in [0.2, 0.25) is 5.89 Å². The van der Waals surface area contributed by atoms with Gasteiger partial charge in [0.1, 0.15) is 11.9 Å². The summed E-state index contributed by atoms with van der Waals surface area (Å²) in [6, 6.07) is 6.37. The van der Waals surface area contributed by atoms with E-state index < -0.39 is 5.82 Å². The second-order valence-corrected chi connectivity index (χ2v) is 2.53. The van der Waals surface area contributed by atoms with E-state index in [2.05, 4.69) is 4.98 Å². The molecule has 0 bridgehead atoms. The molecule has 0 spiro atoms. The third kappa shape index (κ3) is 1.25. The van der Waals surface area contributed by atoms with Crippen LogP contribution >= 0.6 is 0 Å². The zero-order valence-electron chi connectivity index (χ0n) is 6.62. The van der Waals surface area contributed by atoms with Crippen LogP contribution in [-0.4, -0.2) is 4.98 Å². The van der Waals surface area contributed by atoms with Gasteiger partial charge in [-0.05, 0) is 12.1 Å². The van der Waals surface area contributed by atoms with Crippen LogP contribution in [0.1, 0.15) is 5.89 Å². The summed E-state index contributed by atoms with van der Waals surface area (Å²) in [5.41, 5.74) is 0.568. The Morgan fingerprint density at radius 1 is 1.54 bits per heavy atom. The molecule has 0 atom stereocenters. The number of halogens is 1. The summed E-state index contributed by atoms with van der Waals surface area (Å²) in [4.78, 5) is 3.93. The van der Waals surface area contributed by atoms with Crippen molar-refractivity contribution in [1.82, 2.24) is 4.98 Å². The number of hydrogen-bond donors (Lipinski definition) is 0. The van der Waals surface area contributed by atoms with E-state index in [9.17, 15) is 4.39 Å². The lowest BCUT2D eigenvalue weighted by Crippen LogP contribution is -1.77. The minimum Gasteiger partial charge on any atom is -0.436 e. The van der Waals surface area contributed by atoms with Gasteiger partial charge in [-0.25, -0.2) is 9.37 Å². The molecular formula is C9H5FN2O. The van der Waals surface area contributed by atoms with Crippen LogP contribution in [0.3, 0.4) is 0 Å². The first kappa shape index (κ1) is 7.74. The molecule has 2 aromatic rings. The first-order valence-corrected chi connectivity index (χ1v) is 3.72. The highest BCUT2D eigenvalue weighted by molar-refractivity contribution is 5.72. The third-order valence-corrected chi connectivity index (χ3v) is 1.64. The molecule has 0 saturated carbocycles. The topological polar surface area (TPSA) is 49.8 Å². The first-order valence-electron chi connectivity index (χ1n) is 3.72. The Hall–Kier alpha value is -1.89. The number of para-hydroxylation sites is 1. The van der Waals surface area contributed by atoms with Gasteiger partial charge in [-0.15, -0.1) is 0 Å². The molecule has 0 unspecified atom stereocenters. The van der Waals surface area contributed by atoms with Gasteiger partial charge in [-0.1, -0.05) is 6.07 Å². The second-order valence-electron chi connectivity index (χ2n) is 2.53. The van der Waals surface area contributed by atoms with E-state index in [1.54, 1.807) is 12.1 Å². The van der Waals surface area contributed by atoms with Gasteiger partial charge >= 0.3 is 0 Å². The Morgan fingerprint density at radius 3 is 3.08 bits per heavy atom. The maximum absolute atomic E-state index is 13.0. The molecule has 0 radical (unpaired) electrons. The molecule has 0 saturated heterocycles. The lowest BCUT2D eigenvalue weighted by molar-refractivity contribution is 0.519. The molecule has 2 rings (SSSR count). The van der Waals surface area contributed by atoms with Crippen LogP contribution in [-0.2, 0) is 6.42 Å². The summed E-state index contributed by atoms with van der Waals surface area (Å²) in [6.45, 7) is 0. The summed E-state index contributed by atoms with van der Waals surface area (Å²) in [6.07, 6.45) is 0.0636. The maximum atomic E-state index is 13.0. The van der Waals surface area contributed by atoms with Crippen LogP contribution in [0.2, 0.25) is 0 Å². The average Bonchev–Trinajstić information content (AvgIpc) is 2.49. The Balaban J connectivity index is 2.63. The summed E-state index contributed by atoms with van der Waals surface area (Å²) in [5.74, 6) is -0.197. The van der Waals surface area contributed by atoms with Crippen molar-refractivity contribution in [3.8, 4) is 6.07 Å². The summed E-state index contributed by atoms with van der Waals surface area (Å²) in [7, 11) is 0. The van der Waals surface area contributed by atoms with Crippen molar-refractivity contribution in [2.45, 2.75) is 6.42 Å². The standard InChI is InChI=1S/C9H5FN2O/c10-6-2-1-3-7-9(6)13-8(12-7)4-5-11/h1-3H,4H2. The monoisotopic (exact) mass is 176 g/mol. The highest BCUT2D eigenvalue weighted by atomic mass is 19.1. The number of rotatable bonds is 1. The van der Waals surface area contributed by atoms with E-state index in [4.69, 9.17) is 9.68 Å². The molecule has 0 aliphatic carbocycles. The lowest BCUT2D eigenvalue weighted by Gasteiger charge is -1.85. The predicted octanol–water partition coefficient (Wildman–Crippen LogP) is 2.03. The van der Waals surface area contributed by atoms with Gasteiger partial charge in [-0.2, -0.15) is 5.26 Å². The molecule has 0 amide bonds. The van der Waals surface area contributed by atoms with Crippen molar-refractivity contribution in [1.29, 1.82) is 5.26 Å². The Kier molecular flexibility index (Phi) is 1.71. The van der Waals surface area contributed by atoms with Gasteiger partial charge in [0, 0.05) is 0 Å². The van der Waals surface area contributed by atoms with Crippen molar-refractivity contribution < 1.29 is 8.81 Å². The van der Waals surface area contributed by atoms with E-state index >= 15 is 0 Å². The van der Waals surface area contributed by atoms with E-state index in [-0.39, 0.29) is 17.9 Å². The van der Waals surface area contributed by atoms with Gasteiger partial charge in [-0.3, -0.25) is 0 Å². The van der Waals surface area contributed by atoms with Crippen LogP contribution in [0.25, 0.3) is 11.1 Å². The van der Waals surface area contributed by atoms with Crippen molar-refractivity contribution in [2.75, 3.05) is 0 Å². The Morgan fingerprint density at radius 2 is 2.38 bits per heavy atom. The van der Waals surface area contributed by atoms with E-state index in [0.717, 1.165) is 0 Å². The van der Waals surface area contributed by atoms with Crippen molar-refractivity contribution in [2.24, 2.45) is 0 Å². The molecule has 3 nitrogen and oxygen atoms in total. The Bertz CT molecular complexity index is 484. The fraction of sp³-hybridized carbons (Fsp3) is 0.111. The number of benzene rings is 1. The van der Waals surface area contributed by atoms with Crippen molar-refractivity contribution in [3.63, 3.8) is 0 Å². The zero-order valence-corrected chi connectivity index (χ0v) is 6.62. The summed E-state index contributed by atoms with van der Waals surface area (Å²) < 4.78 is 18.1. The minimum atomic E-state index is -0.450. The molecule has 1 aromatic carbocycles. The largest absolute Gasteiger partial charge is 0.436 e. The van der Waals surface area contributed by atoms with E-state index in [0.29, 0.717) is 5.52 Å². The van der Waals surface area contributed by atoms with Crippen molar-refractivity contribution >= 4 is 11.1 Å². The molecule has 0 aliphatic rings. The molecule has 0 fully saturated rings. The average molecular weight is 176 g/mol.